The van der Waals surface area contributed by atoms with Crippen molar-refractivity contribution in [1.29, 1.82) is 0 Å². The summed E-state index contributed by atoms with van der Waals surface area (Å²) in [5.74, 6) is -2.96. The van der Waals surface area contributed by atoms with Gasteiger partial charge in [0.15, 0.2) is 0 Å². The van der Waals surface area contributed by atoms with Crippen LogP contribution in [0.1, 0.15) is 17.3 Å². The van der Waals surface area contributed by atoms with Gasteiger partial charge in [0.25, 0.3) is 5.91 Å². The lowest BCUT2D eigenvalue weighted by molar-refractivity contribution is -0.138. The number of benzene rings is 1. The number of amides is 4. The second-order valence-corrected chi connectivity index (χ2v) is 4.14. The topological polar surface area (TPSA) is 130 Å². The Hall–Kier alpha value is -2.90. The van der Waals surface area contributed by atoms with E-state index in [0.717, 1.165) is 0 Å². The molecule has 0 saturated heterocycles. The lowest BCUT2D eigenvalue weighted by Gasteiger charge is -2.06. The first kappa shape index (κ1) is 16.2. The zero-order valence-electron chi connectivity index (χ0n) is 11.4. The molecule has 0 radical (unpaired) electrons. The summed E-state index contributed by atoms with van der Waals surface area (Å²) >= 11 is 0. The van der Waals surface area contributed by atoms with Gasteiger partial charge < -0.3 is 16.4 Å². The van der Waals surface area contributed by atoms with Gasteiger partial charge in [-0.3, -0.25) is 24.5 Å². The van der Waals surface area contributed by atoms with Crippen LogP contribution in [0.4, 0.5) is 5.69 Å². The summed E-state index contributed by atoms with van der Waals surface area (Å²) in [6.45, 7) is 1.61. The van der Waals surface area contributed by atoms with Crippen LogP contribution in [-0.2, 0) is 14.4 Å². The van der Waals surface area contributed by atoms with Gasteiger partial charge in [0.2, 0.25) is 5.91 Å². The number of anilines is 1. The molecule has 0 aliphatic heterocycles. The Morgan fingerprint density at radius 1 is 0.952 bits per heavy atom. The third-order valence-electron chi connectivity index (χ3n) is 2.39. The molecule has 0 aromatic heterocycles. The van der Waals surface area contributed by atoms with Crippen molar-refractivity contribution in [3.63, 3.8) is 0 Å². The number of nitrogens with two attached hydrogens (primary N) is 1. The zero-order chi connectivity index (χ0) is 15.8. The summed E-state index contributed by atoms with van der Waals surface area (Å²) in [6.07, 6.45) is 0. The molecule has 0 aliphatic carbocycles. The molecule has 21 heavy (non-hydrogen) atoms. The molecule has 112 valence electrons. The van der Waals surface area contributed by atoms with Crippen LogP contribution in [-0.4, -0.2) is 36.7 Å². The van der Waals surface area contributed by atoms with Gasteiger partial charge in [-0.05, 0) is 24.3 Å². The summed E-state index contributed by atoms with van der Waals surface area (Å²) in [4.78, 5) is 45.1. The Morgan fingerprint density at radius 3 is 2.10 bits per heavy atom. The van der Waals surface area contributed by atoms with Crippen molar-refractivity contribution in [2.75, 3.05) is 18.8 Å². The number of imide groups is 1. The van der Waals surface area contributed by atoms with Crippen molar-refractivity contribution < 1.29 is 19.2 Å². The van der Waals surface area contributed by atoms with Gasteiger partial charge in [-0.1, -0.05) is 0 Å². The lowest BCUT2D eigenvalue weighted by atomic mass is 10.2. The molecule has 5 N–H and O–H groups in total. The van der Waals surface area contributed by atoms with Crippen LogP contribution in [0.2, 0.25) is 0 Å². The molecule has 4 amide bonds. The van der Waals surface area contributed by atoms with Gasteiger partial charge in [0, 0.05) is 31.3 Å². The van der Waals surface area contributed by atoms with E-state index in [2.05, 4.69) is 10.6 Å². The maximum atomic E-state index is 11.7. The van der Waals surface area contributed by atoms with E-state index in [4.69, 9.17) is 5.73 Å². The Labute approximate surface area is 121 Å². The molecule has 0 atom stereocenters. The summed E-state index contributed by atoms with van der Waals surface area (Å²) in [5.41, 5.74) is 6.16. The number of nitrogens with one attached hydrogen (secondary N) is 3. The number of hydrogen-bond acceptors (Lipinski definition) is 5. The predicted molar refractivity (Wildman–Crippen MR) is 75.0 cm³/mol. The Balaban J connectivity index is 2.41. The molecule has 1 aromatic carbocycles. The first-order valence-electron chi connectivity index (χ1n) is 6.13. The fraction of sp³-hybridized carbons (Fsp3) is 0.231. The van der Waals surface area contributed by atoms with E-state index in [1.54, 1.807) is 0 Å². The van der Waals surface area contributed by atoms with E-state index in [-0.39, 0.29) is 24.6 Å². The normalized spacial score (nSPS) is 9.57. The minimum absolute atomic E-state index is 0.0852. The predicted octanol–water partition coefficient (Wildman–Crippen LogP) is -1.22. The highest BCUT2D eigenvalue weighted by atomic mass is 16.2. The Kier molecular flexibility index (Phi) is 5.87. The maximum Gasteiger partial charge on any atom is 0.316 e. The van der Waals surface area contributed by atoms with E-state index >= 15 is 0 Å². The number of rotatable bonds is 4. The number of hydrogen-bond donors (Lipinski definition) is 4. The van der Waals surface area contributed by atoms with E-state index in [9.17, 15) is 19.2 Å². The highest BCUT2D eigenvalue weighted by molar-refractivity contribution is 6.38. The molecule has 1 rings (SSSR count). The van der Waals surface area contributed by atoms with E-state index < -0.39 is 17.7 Å². The van der Waals surface area contributed by atoms with Crippen LogP contribution in [0.15, 0.2) is 24.3 Å². The summed E-state index contributed by atoms with van der Waals surface area (Å²) < 4.78 is 0. The molecule has 8 heteroatoms. The second-order valence-electron chi connectivity index (χ2n) is 4.14. The molecule has 0 spiro atoms. The summed E-state index contributed by atoms with van der Waals surface area (Å²) in [7, 11) is 0. The van der Waals surface area contributed by atoms with Gasteiger partial charge in [-0.15, -0.1) is 0 Å². The standard InChI is InChI=1S/C13H16N4O4/c1-8(18)15-6-7-16-12(20)13(21)17-11(19)9-2-4-10(14)5-3-9/h2-5H,6-7,14H2,1H3,(H,15,18)(H,16,20)(H,17,19,21). The smallest absolute Gasteiger partial charge is 0.316 e. The fourth-order valence-electron chi connectivity index (χ4n) is 1.36. The van der Waals surface area contributed by atoms with Crippen molar-refractivity contribution >= 4 is 29.3 Å². The molecule has 0 bridgehead atoms. The van der Waals surface area contributed by atoms with Crippen molar-refractivity contribution in [3.05, 3.63) is 29.8 Å². The molecule has 8 nitrogen and oxygen atoms in total. The van der Waals surface area contributed by atoms with E-state index in [1.165, 1.54) is 31.2 Å². The van der Waals surface area contributed by atoms with Crippen LogP contribution in [0.3, 0.4) is 0 Å². The first-order valence-corrected chi connectivity index (χ1v) is 6.13. The molecule has 0 heterocycles. The van der Waals surface area contributed by atoms with Crippen molar-refractivity contribution in [1.82, 2.24) is 16.0 Å². The largest absolute Gasteiger partial charge is 0.399 e. The second kappa shape index (κ2) is 7.63. The molecule has 0 fully saturated rings. The Morgan fingerprint density at radius 2 is 1.52 bits per heavy atom. The van der Waals surface area contributed by atoms with Crippen molar-refractivity contribution in [3.8, 4) is 0 Å². The highest BCUT2D eigenvalue weighted by Gasteiger charge is 2.17. The summed E-state index contributed by atoms with van der Waals surface area (Å²) in [6, 6.07) is 5.89. The van der Waals surface area contributed by atoms with Crippen LogP contribution in [0, 0.1) is 0 Å². The van der Waals surface area contributed by atoms with Crippen LogP contribution in [0.25, 0.3) is 0 Å². The SMILES string of the molecule is CC(=O)NCCNC(=O)C(=O)NC(=O)c1ccc(N)cc1. The van der Waals surface area contributed by atoms with Crippen LogP contribution in [0.5, 0.6) is 0 Å². The van der Waals surface area contributed by atoms with Gasteiger partial charge in [0.05, 0.1) is 0 Å². The monoisotopic (exact) mass is 292 g/mol. The molecule has 0 unspecified atom stereocenters. The van der Waals surface area contributed by atoms with Gasteiger partial charge >= 0.3 is 11.8 Å². The van der Waals surface area contributed by atoms with Crippen molar-refractivity contribution in [2.24, 2.45) is 0 Å². The molecule has 1 aromatic rings. The average Bonchev–Trinajstić information content (AvgIpc) is 2.43. The van der Waals surface area contributed by atoms with Gasteiger partial charge in [-0.25, -0.2) is 0 Å². The van der Waals surface area contributed by atoms with Crippen molar-refractivity contribution in [2.45, 2.75) is 6.92 Å². The van der Waals surface area contributed by atoms with E-state index in [0.29, 0.717) is 5.69 Å². The molecular formula is C13H16N4O4. The fourth-order valence-corrected chi connectivity index (χ4v) is 1.36. The number of nitrogen functional groups attached to an aromatic ring is 1. The summed E-state index contributed by atoms with van der Waals surface area (Å²) in [5, 5.41) is 6.66. The van der Waals surface area contributed by atoms with E-state index in [1.807, 2.05) is 5.32 Å². The minimum Gasteiger partial charge on any atom is -0.399 e. The first-order chi connectivity index (χ1) is 9.90. The molecule has 0 saturated carbocycles. The Bertz CT molecular complexity index is 554. The highest BCUT2D eigenvalue weighted by Crippen LogP contribution is 2.04. The van der Waals surface area contributed by atoms with Crippen LogP contribution < -0.4 is 21.7 Å². The zero-order valence-corrected chi connectivity index (χ0v) is 11.4. The maximum absolute atomic E-state index is 11.7. The number of carbonyl (C=O) groups excluding carboxylic acids is 4. The van der Waals surface area contributed by atoms with Crippen LogP contribution >= 0.6 is 0 Å². The molecular weight excluding hydrogens is 276 g/mol. The quantitative estimate of drug-likeness (QED) is 0.314. The minimum atomic E-state index is -1.07. The number of carbonyl (C=O) groups is 4. The average molecular weight is 292 g/mol. The van der Waals surface area contributed by atoms with Gasteiger partial charge in [-0.2, -0.15) is 0 Å². The third kappa shape index (κ3) is 5.72. The lowest BCUT2D eigenvalue weighted by Crippen LogP contribution is -2.44. The third-order valence-corrected chi connectivity index (χ3v) is 2.39. The van der Waals surface area contributed by atoms with Gasteiger partial charge in [0.1, 0.15) is 0 Å². The molecule has 0 aliphatic rings.